The third-order valence-electron chi connectivity index (χ3n) is 4.59. The van der Waals surface area contributed by atoms with Crippen LogP contribution in [0.4, 0.5) is 0 Å². The van der Waals surface area contributed by atoms with Crippen LogP contribution in [0.2, 0.25) is 0 Å². The van der Waals surface area contributed by atoms with Crippen molar-refractivity contribution in [3.8, 4) is 0 Å². The number of ether oxygens (including phenoxy) is 2. The molecule has 0 bridgehead atoms. The number of likely N-dealkylation sites (N-methyl/N-ethyl adjacent to an activating group) is 1. The topological polar surface area (TPSA) is 58.1 Å². The predicted molar refractivity (Wildman–Crippen MR) is 121 cm³/mol. The zero-order valence-corrected chi connectivity index (χ0v) is 20.0. The summed E-state index contributed by atoms with van der Waals surface area (Å²) in [6.07, 6.45) is 2.62. The van der Waals surface area contributed by atoms with Crippen molar-refractivity contribution in [2.24, 2.45) is 16.3 Å². The summed E-state index contributed by atoms with van der Waals surface area (Å²) in [6.45, 7) is 15.0. The fourth-order valence-electron chi connectivity index (χ4n) is 3.26. The molecule has 1 rings (SSSR count). The number of halogens is 1. The van der Waals surface area contributed by atoms with Gasteiger partial charge in [-0.05, 0) is 32.2 Å². The predicted octanol–water partition coefficient (Wildman–Crippen LogP) is 2.58. The van der Waals surface area contributed by atoms with Crippen LogP contribution in [0.5, 0.6) is 0 Å². The van der Waals surface area contributed by atoms with E-state index in [2.05, 4.69) is 50.3 Å². The van der Waals surface area contributed by atoms with E-state index in [0.29, 0.717) is 5.92 Å². The summed E-state index contributed by atoms with van der Waals surface area (Å²) in [4.78, 5) is 7.09. The standard InChI is InChI=1S/C19H40N4O2.HI/c1-7-20-18(21-10-11-23(5)12-14-24-6)22-15-16-9-8-13-25-17(16)19(2,3)4;/h16-17H,7-15H2,1-6H3,(H2,20,21,22);1H. The van der Waals surface area contributed by atoms with Crippen LogP contribution < -0.4 is 10.6 Å². The lowest BCUT2D eigenvalue weighted by Gasteiger charge is -2.39. The zero-order chi connectivity index (χ0) is 18.7. The molecule has 0 radical (unpaired) electrons. The molecule has 2 unspecified atom stereocenters. The van der Waals surface area contributed by atoms with E-state index in [1.165, 1.54) is 6.42 Å². The highest BCUT2D eigenvalue weighted by molar-refractivity contribution is 14.0. The van der Waals surface area contributed by atoms with Gasteiger partial charge in [0.15, 0.2) is 5.96 Å². The van der Waals surface area contributed by atoms with Gasteiger partial charge in [0.05, 0.1) is 12.7 Å². The van der Waals surface area contributed by atoms with Crippen LogP contribution in [-0.2, 0) is 9.47 Å². The maximum atomic E-state index is 6.07. The van der Waals surface area contributed by atoms with Gasteiger partial charge in [-0.15, -0.1) is 24.0 Å². The molecule has 7 heteroatoms. The van der Waals surface area contributed by atoms with Gasteiger partial charge in [-0.25, -0.2) is 0 Å². The molecule has 1 aliphatic rings. The molecule has 1 aliphatic heterocycles. The average Bonchev–Trinajstić information content (AvgIpc) is 2.57. The summed E-state index contributed by atoms with van der Waals surface area (Å²) in [6, 6.07) is 0. The van der Waals surface area contributed by atoms with Gasteiger partial charge in [-0.1, -0.05) is 20.8 Å². The highest BCUT2D eigenvalue weighted by Gasteiger charge is 2.35. The molecular weight excluding hydrogens is 443 g/mol. The number of nitrogens with zero attached hydrogens (tertiary/aromatic N) is 2. The Labute approximate surface area is 177 Å². The van der Waals surface area contributed by atoms with E-state index in [9.17, 15) is 0 Å². The Morgan fingerprint density at radius 3 is 2.62 bits per heavy atom. The first-order valence-electron chi connectivity index (χ1n) is 9.69. The van der Waals surface area contributed by atoms with Crippen LogP contribution >= 0.6 is 24.0 Å². The second kappa shape index (κ2) is 14.0. The maximum absolute atomic E-state index is 6.07. The average molecular weight is 484 g/mol. The van der Waals surface area contributed by atoms with Crippen molar-refractivity contribution >= 4 is 29.9 Å². The summed E-state index contributed by atoms with van der Waals surface area (Å²) in [5.41, 5.74) is 0.163. The third-order valence-corrected chi connectivity index (χ3v) is 4.59. The van der Waals surface area contributed by atoms with Gasteiger partial charge in [0.1, 0.15) is 0 Å². The van der Waals surface area contributed by atoms with Gasteiger partial charge in [0, 0.05) is 52.4 Å². The normalized spacial score (nSPS) is 21.4. The first-order chi connectivity index (χ1) is 11.9. The second-order valence-electron chi connectivity index (χ2n) is 8.00. The molecule has 0 spiro atoms. The molecule has 156 valence electrons. The molecule has 0 aromatic heterocycles. The van der Waals surface area contributed by atoms with Crippen molar-refractivity contribution in [2.75, 3.05) is 60.1 Å². The highest BCUT2D eigenvalue weighted by Crippen LogP contribution is 2.34. The Kier molecular flexibility index (Phi) is 13.9. The largest absolute Gasteiger partial charge is 0.383 e. The van der Waals surface area contributed by atoms with E-state index < -0.39 is 0 Å². The Bertz CT molecular complexity index is 388. The molecule has 0 aliphatic carbocycles. The number of rotatable bonds is 9. The summed E-state index contributed by atoms with van der Waals surface area (Å²) in [5, 5.41) is 6.78. The van der Waals surface area contributed by atoms with E-state index >= 15 is 0 Å². The number of aliphatic imine (C=N–C) groups is 1. The fraction of sp³-hybridized carbons (Fsp3) is 0.947. The molecular formula is C19H41IN4O2. The number of nitrogens with one attached hydrogen (secondary N) is 2. The smallest absolute Gasteiger partial charge is 0.191 e. The van der Waals surface area contributed by atoms with E-state index in [4.69, 9.17) is 14.5 Å². The van der Waals surface area contributed by atoms with E-state index in [1.807, 2.05) is 0 Å². The zero-order valence-electron chi connectivity index (χ0n) is 17.6. The number of hydrogen-bond donors (Lipinski definition) is 2. The molecule has 6 nitrogen and oxygen atoms in total. The first kappa shape index (κ1) is 25.9. The first-order valence-corrected chi connectivity index (χ1v) is 9.69. The van der Waals surface area contributed by atoms with Crippen LogP contribution in [0.3, 0.4) is 0 Å². The molecule has 1 heterocycles. The number of hydrogen-bond acceptors (Lipinski definition) is 4. The van der Waals surface area contributed by atoms with Crippen LogP contribution in [0.15, 0.2) is 4.99 Å². The van der Waals surface area contributed by atoms with Crippen molar-refractivity contribution in [3.05, 3.63) is 0 Å². The monoisotopic (exact) mass is 484 g/mol. The van der Waals surface area contributed by atoms with Gasteiger partial charge in [0.2, 0.25) is 0 Å². The molecule has 2 N–H and O–H groups in total. The fourth-order valence-corrected chi connectivity index (χ4v) is 3.26. The van der Waals surface area contributed by atoms with E-state index in [0.717, 1.165) is 58.3 Å². The van der Waals surface area contributed by atoms with E-state index in [-0.39, 0.29) is 35.5 Å². The van der Waals surface area contributed by atoms with Gasteiger partial charge >= 0.3 is 0 Å². The van der Waals surface area contributed by atoms with Crippen molar-refractivity contribution in [1.29, 1.82) is 0 Å². The van der Waals surface area contributed by atoms with Crippen LogP contribution in [-0.4, -0.2) is 77.1 Å². The molecule has 0 aromatic carbocycles. The molecule has 0 aromatic rings. The van der Waals surface area contributed by atoms with Crippen LogP contribution in [0, 0.1) is 11.3 Å². The molecule has 0 saturated carbocycles. The van der Waals surface area contributed by atoms with Gasteiger partial charge in [-0.3, -0.25) is 4.99 Å². The van der Waals surface area contributed by atoms with E-state index in [1.54, 1.807) is 7.11 Å². The minimum Gasteiger partial charge on any atom is -0.383 e. The summed E-state index contributed by atoms with van der Waals surface area (Å²) >= 11 is 0. The van der Waals surface area contributed by atoms with Crippen molar-refractivity contribution < 1.29 is 9.47 Å². The van der Waals surface area contributed by atoms with Crippen molar-refractivity contribution in [1.82, 2.24) is 15.5 Å². The van der Waals surface area contributed by atoms with Crippen molar-refractivity contribution in [2.45, 2.75) is 46.6 Å². The van der Waals surface area contributed by atoms with Crippen molar-refractivity contribution in [3.63, 3.8) is 0 Å². The lowest BCUT2D eigenvalue weighted by molar-refractivity contribution is -0.0823. The number of guanidine groups is 1. The summed E-state index contributed by atoms with van der Waals surface area (Å²) < 4.78 is 11.2. The lowest BCUT2D eigenvalue weighted by Crippen LogP contribution is -2.44. The van der Waals surface area contributed by atoms with Gasteiger partial charge in [0.25, 0.3) is 0 Å². The molecule has 1 saturated heterocycles. The third kappa shape index (κ3) is 10.3. The minimum atomic E-state index is 0. The molecule has 0 amide bonds. The SMILES string of the molecule is CCNC(=NCC1CCCOC1C(C)(C)C)NCCN(C)CCOC.I. The quantitative estimate of drug-likeness (QED) is 0.299. The summed E-state index contributed by atoms with van der Waals surface area (Å²) in [7, 11) is 3.85. The molecule has 26 heavy (non-hydrogen) atoms. The summed E-state index contributed by atoms with van der Waals surface area (Å²) in [5.74, 6) is 1.40. The molecule has 1 fully saturated rings. The lowest BCUT2D eigenvalue weighted by atomic mass is 9.78. The minimum absolute atomic E-state index is 0. The second-order valence-corrected chi connectivity index (χ2v) is 8.00. The Morgan fingerprint density at radius 1 is 1.27 bits per heavy atom. The highest BCUT2D eigenvalue weighted by atomic mass is 127. The Hall–Kier alpha value is -0.120. The number of methoxy groups -OCH3 is 1. The van der Waals surface area contributed by atoms with Crippen LogP contribution in [0.25, 0.3) is 0 Å². The van der Waals surface area contributed by atoms with Crippen LogP contribution in [0.1, 0.15) is 40.5 Å². The Morgan fingerprint density at radius 2 is 2.00 bits per heavy atom. The Balaban J connectivity index is 0.00000625. The van der Waals surface area contributed by atoms with Gasteiger partial charge in [-0.2, -0.15) is 0 Å². The van der Waals surface area contributed by atoms with Gasteiger partial charge < -0.3 is 25.0 Å². The maximum Gasteiger partial charge on any atom is 0.191 e. The molecule has 2 atom stereocenters.